The summed E-state index contributed by atoms with van der Waals surface area (Å²) in [5.74, 6) is 0.207. The molecule has 0 radical (unpaired) electrons. The fraction of sp³-hybridized carbons (Fsp3) is 0.700. The summed E-state index contributed by atoms with van der Waals surface area (Å²) < 4.78 is 0. The molecule has 0 saturated carbocycles. The van der Waals surface area contributed by atoms with Gasteiger partial charge in [0, 0.05) is 12.5 Å². The molecule has 1 fully saturated rings. The van der Waals surface area contributed by atoms with Crippen LogP contribution in [0, 0.1) is 0 Å². The van der Waals surface area contributed by atoms with Crippen molar-refractivity contribution in [3.05, 3.63) is 12.2 Å². The average molecular weight is 167 g/mol. The molecule has 1 rings (SSSR count). The first-order valence-corrected chi connectivity index (χ1v) is 4.79. The fourth-order valence-electron chi connectivity index (χ4n) is 1.45. The van der Waals surface area contributed by atoms with Gasteiger partial charge in [-0.05, 0) is 19.3 Å². The highest BCUT2D eigenvalue weighted by Crippen LogP contribution is 2.10. The average Bonchev–Trinajstić information content (AvgIpc) is 2.26. The van der Waals surface area contributed by atoms with Gasteiger partial charge in [-0.1, -0.05) is 25.5 Å². The van der Waals surface area contributed by atoms with Crippen molar-refractivity contribution in [2.45, 2.75) is 45.1 Å². The van der Waals surface area contributed by atoms with Crippen LogP contribution in [0.1, 0.15) is 39.0 Å². The second kappa shape index (κ2) is 4.96. The van der Waals surface area contributed by atoms with Crippen LogP contribution in [0.15, 0.2) is 12.2 Å². The number of carbonyl (C=O) groups excluding carboxylic acids is 1. The summed E-state index contributed by atoms with van der Waals surface area (Å²) in [5, 5.41) is 2.99. The van der Waals surface area contributed by atoms with E-state index in [-0.39, 0.29) is 5.91 Å². The van der Waals surface area contributed by atoms with Gasteiger partial charge in [0.15, 0.2) is 0 Å². The number of rotatable bonds is 2. The van der Waals surface area contributed by atoms with Gasteiger partial charge in [-0.15, -0.1) is 0 Å². The molecular formula is C10H17NO. The Kier molecular flexibility index (Phi) is 3.85. The Balaban J connectivity index is 2.41. The van der Waals surface area contributed by atoms with E-state index in [1.54, 1.807) is 0 Å². The van der Waals surface area contributed by atoms with Crippen LogP contribution in [0.3, 0.4) is 0 Å². The first-order chi connectivity index (χ1) is 5.83. The Bertz CT molecular complexity index is 175. The Labute approximate surface area is 74.0 Å². The van der Waals surface area contributed by atoms with Crippen molar-refractivity contribution in [2.75, 3.05) is 0 Å². The molecule has 1 aliphatic heterocycles. The van der Waals surface area contributed by atoms with E-state index in [1.165, 1.54) is 0 Å². The lowest BCUT2D eigenvalue weighted by Crippen LogP contribution is -2.30. The maximum absolute atomic E-state index is 11.1. The van der Waals surface area contributed by atoms with E-state index in [4.69, 9.17) is 0 Å². The Hall–Kier alpha value is -0.790. The van der Waals surface area contributed by atoms with Gasteiger partial charge in [-0.25, -0.2) is 0 Å². The maximum Gasteiger partial charge on any atom is 0.220 e. The first-order valence-electron chi connectivity index (χ1n) is 4.79. The third-order valence-electron chi connectivity index (χ3n) is 2.12. The van der Waals surface area contributed by atoms with Crippen LogP contribution >= 0.6 is 0 Å². The molecule has 1 saturated heterocycles. The number of hydrogen-bond acceptors (Lipinski definition) is 1. The lowest BCUT2D eigenvalue weighted by molar-refractivity contribution is -0.121. The van der Waals surface area contributed by atoms with E-state index in [0.29, 0.717) is 12.5 Å². The molecule has 1 atom stereocenters. The zero-order valence-corrected chi connectivity index (χ0v) is 7.68. The zero-order valence-electron chi connectivity index (χ0n) is 7.68. The molecule has 0 aromatic rings. The van der Waals surface area contributed by atoms with Gasteiger partial charge >= 0.3 is 0 Å². The lowest BCUT2D eigenvalue weighted by Gasteiger charge is -2.09. The van der Waals surface area contributed by atoms with Crippen LogP contribution in [0.2, 0.25) is 0 Å². The van der Waals surface area contributed by atoms with Crippen molar-refractivity contribution in [1.29, 1.82) is 0 Å². The van der Waals surface area contributed by atoms with E-state index in [2.05, 4.69) is 24.4 Å². The van der Waals surface area contributed by atoms with Crippen LogP contribution in [0.4, 0.5) is 0 Å². The zero-order chi connectivity index (χ0) is 8.81. The smallest absolute Gasteiger partial charge is 0.220 e. The predicted molar refractivity (Wildman–Crippen MR) is 49.8 cm³/mol. The number of allylic oxidation sites excluding steroid dienone is 1. The van der Waals surface area contributed by atoms with Gasteiger partial charge in [0.1, 0.15) is 0 Å². The van der Waals surface area contributed by atoms with E-state index < -0.39 is 0 Å². The summed E-state index contributed by atoms with van der Waals surface area (Å²) >= 11 is 0. The minimum Gasteiger partial charge on any atom is -0.350 e. The van der Waals surface area contributed by atoms with Crippen LogP contribution in [0.5, 0.6) is 0 Å². The highest BCUT2D eigenvalue weighted by atomic mass is 16.1. The molecule has 68 valence electrons. The molecule has 0 bridgehead atoms. The summed E-state index contributed by atoms with van der Waals surface area (Å²) in [6.45, 7) is 2.11. The lowest BCUT2D eigenvalue weighted by atomic mass is 10.1. The minimum absolute atomic E-state index is 0.207. The van der Waals surface area contributed by atoms with E-state index in [1.807, 2.05) is 0 Å². The van der Waals surface area contributed by atoms with Gasteiger partial charge in [0.05, 0.1) is 0 Å². The van der Waals surface area contributed by atoms with Crippen molar-refractivity contribution in [2.24, 2.45) is 0 Å². The van der Waals surface area contributed by atoms with Gasteiger partial charge in [0.25, 0.3) is 0 Å². The van der Waals surface area contributed by atoms with Crippen molar-refractivity contribution in [3.8, 4) is 0 Å². The number of carbonyl (C=O) groups is 1. The van der Waals surface area contributed by atoms with Crippen LogP contribution in [-0.4, -0.2) is 11.9 Å². The van der Waals surface area contributed by atoms with Crippen molar-refractivity contribution >= 4 is 5.91 Å². The van der Waals surface area contributed by atoms with Crippen LogP contribution in [0.25, 0.3) is 0 Å². The van der Waals surface area contributed by atoms with E-state index >= 15 is 0 Å². The molecule has 0 spiro atoms. The molecule has 0 aromatic carbocycles. The van der Waals surface area contributed by atoms with Crippen molar-refractivity contribution in [3.63, 3.8) is 0 Å². The highest BCUT2D eigenvalue weighted by Gasteiger charge is 2.12. The molecule has 1 amide bonds. The molecule has 1 heterocycles. The SMILES string of the molecule is CCC=CC1CCCCC(=O)N1. The molecule has 1 unspecified atom stereocenters. The molecule has 2 heteroatoms. The normalized spacial score (nSPS) is 25.4. The minimum atomic E-state index is 0.207. The molecule has 12 heavy (non-hydrogen) atoms. The third kappa shape index (κ3) is 3.07. The Morgan fingerprint density at radius 3 is 3.17 bits per heavy atom. The number of nitrogens with one attached hydrogen (secondary N) is 1. The summed E-state index contributed by atoms with van der Waals surface area (Å²) in [5.41, 5.74) is 0. The highest BCUT2D eigenvalue weighted by molar-refractivity contribution is 5.76. The quantitative estimate of drug-likeness (QED) is 0.626. The predicted octanol–water partition coefficient (Wildman–Crippen LogP) is 2.01. The Morgan fingerprint density at radius 1 is 1.58 bits per heavy atom. The van der Waals surface area contributed by atoms with E-state index in [0.717, 1.165) is 25.7 Å². The third-order valence-corrected chi connectivity index (χ3v) is 2.12. The monoisotopic (exact) mass is 167 g/mol. The standard InChI is InChI=1S/C10H17NO/c1-2-3-6-9-7-4-5-8-10(12)11-9/h3,6,9H,2,4-5,7-8H2,1H3,(H,11,12). The van der Waals surface area contributed by atoms with E-state index in [9.17, 15) is 4.79 Å². The number of amides is 1. The van der Waals surface area contributed by atoms with Gasteiger partial charge < -0.3 is 5.32 Å². The summed E-state index contributed by atoms with van der Waals surface area (Å²) in [7, 11) is 0. The molecular weight excluding hydrogens is 150 g/mol. The first kappa shape index (κ1) is 9.30. The van der Waals surface area contributed by atoms with Crippen LogP contribution < -0.4 is 5.32 Å². The molecule has 1 N–H and O–H groups in total. The van der Waals surface area contributed by atoms with Gasteiger partial charge in [0.2, 0.25) is 5.91 Å². The summed E-state index contributed by atoms with van der Waals surface area (Å²) in [4.78, 5) is 11.1. The summed E-state index contributed by atoms with van der Waals surface area (Å²) in [6, 6.07) is 0.292. The van der Waals surface area contributed by atoms with Crippen molar-refractivity contribution < 1.29 is 4.79 Å². The molecule has 2 nitrogen and oxygen atoms in total. The number of hydrogen-bond donors (Lipinski definition) is 1. The van der Waals surface area contributed by atoms with Crippen LogP contribution in [-0.2, 0) is 4.79 Å². The van der Waals surface area contributed by atoms with Gasteiger partial charge in [-0.3, -0.25) is 4.79 Å². The summed E-state index contributed by atoms with van der Waals surface area (Å²) in [6.07, 6.45) is 9.30. The fourth-order valence-corrected chi connectivity index (χ4v) is 1.45. The second-order valence-electron chi connectivity index (χ2n) is 3.26. The molecule has 0 aromatic heterocycles. The van der Waals surface area contributed by atoms with Crippen molar-refractivity contribution in [1.82, 2.24) is 5.32 Å². The largest absolute Gasteiger partial charge is 0.350 e. The molecule has 0 aliphatic carbocycles. The topological polar surface area (TPSA) is 29.1 Å². The molecule has 1 aliphatic rings. The second-order valence-corrected chi connectivity index (χ2v) is 3.26. The Morgan fingerprint density at radius 2 is 2.42 bits per heavy atom. The maximum atomic E-state index is 11.1. The van der Waals surface area contributed by atoms with Gasteiger partial charge in [-0.2, -0.15) is 0 Å².